The summed E-state index contributed by atoms with van der Waals surface area (Å²) in [6.07, 6.45) is 0. The number of nitrogens with zero attached hydrogens (tertiary/aromatic N) is 2. The van der Waals surface area contributed by atoms with Crippen molar-refractivity contribution in [2.75, 3.05) is 12.5 Å². The van der Waals surface area contributed by atoms with Gasteiger partial charge in [0.2, 0.25) is 6.79 Å². The van der Waals surface area contributed by atoms with Gasteiger partial charge in [0.15, 0.2) is 22.4 Å². The van der Waals surface area contributed by atoms with Crippen LogP contribution in [0.15, 0.2) is 28.2 Å². The molecule has 1 N–H and O–H groups in total. The zero-order chi connectivity index (χ0) is 14.1. The van der Waals surface area contributed by atoms with E-state index in [-0.39, 0.29) is 24.0 Å². The van der Waals surface area contributed by atoms with Crippen molar-refractivity contribution >= 4 is 17.5 Å². The third-order valence-corrected chi connectivity index (χ3v) is 3.90. The molecule has 2 aromatic rings. The Balaban J connectivity index is 1.70. The highest BCUT2D eigenvalue weighted by Crippen LogP contribution is 2.32. The Hall–Kier alpha value is -2.22. The molecule has 1 aromatic carbocycles. The summed E-state index contributed by atoms with van der Waals surface area (Å²) in [7, 11) is 1.60. The van der Waals surface area contributed by atoms with Crippen molar-refractivity contribution in [3.05, 3.63) is 34.2 Å². The maximum absolute atomic E-state index is 12.1. The molecule has 1 aliphatic rings. The molecular formula is C12H11N3O4S. The fourth-order valence-corrected chi connectivity index (χ4v) is 2.56. The molecular weight excluding hydrogens is 282 g/mol. The zero-order valence-corrected chi connectivity index (χ0v) is 11.4. The predicted molar refractivity (Wildman–Crippen MR) is 71.4 cm³/mol. The van der Waals surface area contributed by atoms with Gasteiger partial charge in [-0.3, -0.25) is 9.36 Å². The number of Topliss-reactive ketones (excluding diaryl/α,β-unsaturated/α-hetero) is 1. The van der Waals surface area contributed by atoms with E-state index in [4.69, 9.17) is 9.47 Å². The van der Waals surface area contributed by atoms with E-state index in [0.717, 1.165) is 0 Å². The van der Waals surface area contributed by atoms with Crippen molar-refractivity contribution < 1.29 is 14.3 Å². The Bertz CT molecular complexity index is 722. The van der Waals surface area contributed by atoms with Gasteiger partial charge in [0.25, 0.3) is 0 Å². The van der Waals surface area contributed by atoms with Gasteiger partial charge in [0.05, 0.1) is 5.75 Å². The Morgan fingerprint density at radius 2 is 2.25 bits per heavy atom. The second-order valence-electron chi connectivity index (χ2n) is 4.15. The number of carbonyl (C=O) groups is 1. The second kappa shape index (κ2) is 5.04. The van der Waals surface area contributed by atoms with Crippen LogP contribution in [-0.4, -0.2) is 33.1 Å². The lowest BCUT2D eigenvalue weighted by molar-refractivity contribution is 0.102. The fraction of sp³-hybridized carbons (Fsp3) is 0.250. The standard InChI is InChI=1S/C12H11N3O4S/c1-15-11(17)13-14-12(15)20-5-8(16)7-2-3-9-10(4-7)19-6-18-9/h2-4H,5-6H2,1H3,(H,13,17). The van der Waals surface area contributed by atoms with E-state index in [2.05, 4.69) is 10.2 Å². The highest BCUT2D eigenvalue weighted by Gasteiger charge is 2.17. The largest absolute Gasteiger partial charge is 0.454 e. The van der Waals surface area contributed by atoms with Crippen LogP contribution in [0, 0.1) is 0 Å². The van der Waals surface area contributed by atoms with Crippen LogP contribution in [0.25, 0.3) is 0 Å². The number of carbonyl (C=O) groups excluding carboxylic acids is 1. The van der Waals surface area contributed by atoms with Gasteiger partial charge in [-0.05, 0) is 18.2 Å². The topological polar surface area (TPSA) is 86.2 Å². The molecule has 1 aliphatic heterocycles. The van der Waals surface area contributed by atoms with Gasteiger partial charge in [0, 0.05) is 12.6 Å². The van der Waals surface area contributed by atoms with E-state index in [1.54, 1.807) is 25.2 Å². The number of benzene rings is 1. The number of H-pyrrole nitrogens is 1. The smallest absolute Gasteiger partial charge is 0.343 e. The zero-order valence-electron chi connectivity index (χ0n) is 10.6. The number of ether oxygens (including phenoxy) is 2. The van der Waals surface area contributed by atoms with Gasteiger partial charge < -0.3 is 9.47 Å². The maximum Gasteiger partial charge on any atom is 0.343 e. The number of rotatable bonds is 4. The van der Waals surface area contributed by atoms with Crippen LogP contribution in [0.2, 0.25) is 0 Å². The quantitative estimate of drug-likeness (QED) is 0.663. The minimum absolute atomic E-state index is 0.0660. The van der Waals surface area contributed by atoms with E-state index >= 15 is 0 Å². The average Bonchev–Trinajstić information content (AvgIpc) is 3.04. The molecule has 104 valence electrons. The third-order valence-electron chi connectivity index (χ3n) is 2.87. The molecule has 0 fully saturated rings. The number of hydrogen-bond donors (Lipinski definition) is 1. The second-order valence-corrected chi connectivity index (χ2v) is 5.09. The molecule has 0 aliphatic carbocycles. The lowest BCUT2D eigenvalue weighted by Gasteiger charge is -2.02. The van der Waals surface area contributed by atoms with Crippen molar-refractivity contribution in [2.45, 2.75) is 5.16 Å². The van der Waals surface area contributed by atoms with Gasteiger partial charge in [-0.1, -0.05) is 11.8 Å². The molecule has 2 heterocycles. The number of fused-ring (bicyclic) bond motifs is 1. The van der Waals surface area contributed by atoms with Crippen LogP contribution in [-0.2, 0) is 7.05 Å². The summed E-state index contributed by atoms with van der Waals surface area (Å²) in [5, 5.41) is 6.63. The first-order chi connectivity index (χ1) is 9.65. The molecule has 0 atom stereocenters. The Morgan fingerprint density at radius 1 is 1.45 bits per heavy atom. The summed E-state index contributed by atoms with van der Waals surface area (Å²) >= 11 is 1.20. The maximum atomic E-state index is 12.1. The summed E-state index contributed by atoms with van der Waals surface area (Å²) in [4.78, 5) is 23.3. The molecule has 0 saturated heterocycles. The third kappa shape index (κ3) is 2.29. The molecule has 0 saturated carbocycles. The first-order valence-corrected chi connectivity index (χ1v) is 6.81. The first-order valence-electron chi connectivity index (χ1n) is 5.82. The number of nitrogens with one attached hydrogen (secondary N) is 1. The molecule has 0 radical (unpaired) electrons. The fourth-order valence-electron chi connectivity index (χ4n) is 1.75. The van der Waals surface area contributed by atoms with Crippen LogP contribution in [0.3, 0.4) is 0 Å². The molecule has 0 unspecified atom stereocenters. The molecule has 0 spiro atoms. The van der Waals surface area contributed by atoms with Crippen molar-refractivity contribution in [1.29, 1.82) is 0 Å². The van der Waals surface area contributed by atoms with Gasteiger partial charge in [0.1, 0.15) is 0 Å². The van der Waals surface area contributed by atoms with E-state index < -0.39 is 0 Å². The number of aromatic nitrogens is 3. The van der Waals surface area contributed by atoms with E-state index in [9.17, 15) is 9.59 Å². The van der Waals surface area contributed by atoms with Crippen molar-refractivity contribution in [1.82, 2.24) is 14.8 Å². The molecule has 3 rings (SSSR count). The highest BCUT2D eigenvalue weighted by atomic mass is 32.2. The summed E-state index contributed by atoms with van der Waals surface area (Å²) in [6.45, 7) is 0.178. The van der Waals surface area contributed by atoms with E-state index in [0.29, 0.717) is 22.2 Å². The van der Waals surface area contributed by atoms with E-state index in [1.165, 1.54) is 16.3 Å². The molecule has 0 bridgehead atoms. The monoisotopic (exact) mass is 293 g/mol. The van der Waals surface area contributed by atoms with Crippen LogP contribution < -0.4 is 15.2 Å². The number of hydrogen-bond acceptors (Lipinski definition) is 6. The van der Waals surface area contributed by atoms with Crippen LogP contribution in [0.1, 0.15) is 10.4 Å². The van der Waals surface area contributed by atoms with Crippen molar-refractivity contribution in [3.63, 3.8) is 0 Å². The number of thioether (sulfide) groups is 1. The lowest BCUT2D eigenvalue weighted by Crippen LogP contribution is -2.13. The van der Waals surface area contributed by atoms with Gasteiger partial charge in [-0.15, -0.1) is 5.10 Å². The molecule has 20 heavy (non-hydrogen) atoms. The van der Waals surface area contributed by atoms with Crippen molar-refractivity contribution in [3.8, 4) is 11.5 Å². The normalized spacial score (nSPS) is 12.7. The Labute approximate surface area is 117 Å². The summed E-state index contributed by atoms with van der Waals surface area (Å²) < 4.78 is 11.8. The number of aromatic amines is 1. The van der Waals surface area contributed by atoms with Crippen LogP contribution >= 0.6 is 11.8 Å². The van der Waals surface area contributed by atoms with Crippen LogP contribution in [0.5, 0.6) is 11.5 Å². The summed E-state index contributed by atoms with van der Waals surface area (Å²) in [5.41, 5.74) is 0.241. The molecule has 0 amide bonds. The van der Waals surface area contributed by atoms with Gasteiger partial charge in [-0.2, -0.15) is 0 Å². The molecule has 8 heteroatoms. The van der Waals surface area contributed by atoms with Gasteiger partial charge in [-0.25, -0.2) is 9.89 Å². The van der Waals surface area contributed by atoms with E-state index in [1.807, 2.05) is 0 Å². The highest BCUT2D eigenvalue weighted by molar-refractivity contribution is 7.99. The number of ketones is 1. The lowest BCUT2D eigenvalue weighted by atomic mass is 10.1. The SMILES string of the molecule is Cn1c(SCC(=O)c2ccc3c(c2)OCO3)n[nH]c1=O. The Morgan fingerprint density at radius 3 is 3.00 bits per heavy atom. The minimum atomic E-state index is -0.303. The summed E-state index contributed by atoms with van der Waals surface area (Å²) in [5.74, 6) is 1.35. The molecule has 7 nitrogen and oxygen atoms in total. The van der Waals surface area contributed by atoms with Gasteiger partial charge >= 0.3 is 5.69 Å². The Kier molecular flexibility index (Phi) is 3.23. The first kappa shape index (κ1) is 12.8. The average molecular weight is 293 g/mol. The van der Waals surface area contributed by atoms with Crippen LogP contribution in [0.4, 0.5) is 0 Å². The minimum Gasteiger partial charge on any atom is -0.454 e. The van der Waals surface area contributed by atoms with Crippen molar-refractivity contribution in [2.24, 2.45) is 7.05 Å². The predicted octanol–water partition coefficient (Wildman–Crippen LogP) is 0.812. The molecule has 1 aromatic heterocycles. The summed E-state index contributed by atoms with van der Waals surface area (Å²) in [6, 6.07) is 5.07.